The van der Waals surface area contributed by atoms with Crippen molar-refractivity contribution in [2.24, 2.45) is 0 Å². The molecule has 4 nitrogen and oxygen atoms in total. The van der Waals surface area contributed by atoms with Crippen molar-refractivity contribution < 1.29 is 0 Å². The third-order valence-electron chi connectivity index (χ3n) is 3.25. The first-order chi connectivity index (χ1) is 9.28. The number of benzene rings is 1. The molecule has 4 heteroatoms. The Morgan fingerprint density at radius 2 is 2.11 bits per heavy atom. The van der Waals surface area contributed by atoms with E-state index in [9.17, 15) is 0 Å². The number of pyridine rings is 1. The smallest absolute Gasteiger partial charge is 0.127 e. The molecule has 0 radical (unpaired) electrons. The number of aryl methyl sites for hydroxylation is 1. The van der Waals surface area contributed by atoms with Crippen LogP contribution in [0.1, 0.15) is 18.9 Å². The Morgan fingerprint density at radius 1 is 1.21 bits per heavy atom. The van der Waals surface area contributed by atoms with Gasteiger partial charge in [0.1, 0.15) is 5.82 Å². The minimum Gasteiger partial charge on any atom is -0.383 e. The quantitative estimate of drug-likeness (QED) is 0.752. The van der Waals surface area contributed by atoms with Crippen molar-refractivity contribution in [2.75, 3.05) is 5.73 Å². The maximum absolute atomic E-state index is 6.01. The van der Waals surface area contributed by atoms with Crippen LogP contribution in [0.25, 0.3) is 22.2 Å². The molecule has 0 saturated heterocycles. The van der Waals surface area contributed by atoms with Gasteiger partial charge in [-0.25, -0.2) is 4.98 Å². The molecule has 3 rings (SSSR count). The van der Waals surface area contributed by atoms with Crippen LogP contribution in [0.5, 0.6) is 0 Å². The number of nitrogens with one attached hydrogen (secondary N) is 1. The summed E-state index contributed by atoms with van der Waals surface area (Å²) in [6, 6.07) is 10.2. The highest BCUT2D eigenvalue weighted by Crippen LogP contribution is 2.24. The van der Waals surface area contributed by atoms with Crippen LogP contribution < -0.4 is 5.73 Å². The highest BCUT2D eigenvalue weighted by Gasteiger charge is 2.06. The van der Waals surface area contributed by atoms with Gasteiger partial charge >= 0.3 is 0 Å². The number of anilines is 1. The molecule has 0 aliphatic rings. The Kier molecular flexibility index (Phi) is 2.91. The molecule has 19 heavy (non-hydrogen) atoms. The van der Waals surface area contributed by atoms with Crippen LogP contribution in [-0.2, 0) is 6.42 Å². The zero-order valence-electron chi connectivity index (χ0n) is 10.9. The highest BCUT2D eigenvalue weighted by atomic mass is 15.1. The van der Waals surface area contributed by atoms with Gasteiger partial charge in [0.2, 0.25) is 0 Å². The lowest BCUT2D eigenvalue weighted by Gasteiger charge is -2.07. The van der Waals surface area contributed by atoms with E-state index in [0.717, 1.165) is 40.6 Å². The van der Waals surface area contributed by atoms with E-state index in [1.165, 1.54) is 0 Å². The third kappa shape index (κ3) is 2.17. The van der Waals surface area contributed by atoms with Crippen LogP contribution in [0.15, 0.2) is 36.5 Å². The van der Waals surface area contributed by atoms with Gasteiger partial charge in [0.05, 0.1) is 11.2 Å². The fourth-order valence-electron chi connectivity index (χ4n) is 2.28. The van der Waals surface area contributed by atoms with Gasteiger partial charge in [-0.1, -0.05) is 25.5 Å². The lowest BCUT2D eigenvalue weighted by Crippen LogP contribution is -1.98. The van der Waals surface area contributed by atoms with Gasteiger partial charge in [-0.2, -0.15) is 5.10 Å². The predicted molar refractivity (Wildman–Crippen MR) is 77.7 cm³/mol. The Hall–Kier alpha value is -2.36. The highest BCUT2D eigenvalue weighted by molar-refractivity contribution is 5.85. The average Bonchev–Trinajstić information content (AvgIpc) is 2.93. The van der Waals surface area contributed by atoms with E-state index < -0.39 is 0 Å². The van der Waals surface area contributed by atoms with E-state index in [1.54, 1.807) is 0 Å². The first-order valence-corrected chi connectivity index (χ1v) is 6.47. The number of hydrogen-bond acceptors (Lipinski definition) is 3. The molecule has 2 aromatic heterocycles. The second kappa shape index (κ2) is 4.72. The van der Waals surface area contributed by atoms with Crippen molar-refractivity contribution in [3.63, 3.8) is 0 Å². The Morgan fingerprint density at radius 3 is 2.84 bits per heavy atom. The molecule has 0 aliphatic heterocycles. The van der Waals surface area contributed by atoms with Crippen LogP contribution in [0.4, 0.5) is 5.82 Å². The van der Waals surface area contributed by atoms with E-state index in [2.05, 4.69) is 40.3 Å². The maximum Gasteiger partial charge on any atom is 0.127 e. The number of aromatic nitrogens is 3. The van der Waals surface area contributed by atoms with E-state index in [0.29, 0.717) is 5.82 Å². The summed E-state index contributed by atoms with van der Waals surface area (Å²) < 4.78 is 0. The number of hydrogen-bond donors (Lipinski definition) is 2. The van der Waals surface area contributed by atoms with E-state index in [4.69, 9.17) is 5.73 Å². The molecule has 0 aliphatic carbocycles. The standard InChI is InChI=1S/C15H16N4/c1-2-3-12-8-10-4-5-11(13-6-7-17-19-13)9-14(10)18-15(12)16/h4-9H,2-3H2,1H3,(H2,16,18)(H,17,19). The fourth-order valence-corrected chi connectivity index (χ4v) is 2.28. The molecule has 3 N–H and O–H groups in total. The van der Waals surface area contributed by atoms with Crippen LogP contribution in [0.3, 0.4) is 0 Å². The zero-order chi connectivity index (χ0) is 13.2. The van der Waals surface area contributed by atoms with Crippen molar-refractivity contribution in [1.29, 1.82) is 0 Å². The lowest BCUT2D eigenvalue weighted by atomic mass is 10.1. The van der Waals surface area contributed by atoms with Crippen molar-refractivity contribution in [3.8, 4) is 11.3 Å². The molecule has 0 unspecified atom stereocenters. The van der Waals surface area contributed by atoms with Crippen LogP contribution in [0.2, 0.25) is 0 Å². The number of rotatable bonds is 3. The molecule has 2 heterocycles. The van der Waals surface area contributed by atoms with E-state index >= 15 is 0 Å². The molecule has 0 bridgehead atoms. The molecular weight excluding hydrogens is 236 g/mol. The van der Waals surface area contributed by atoms with Crippen molar-refractivity contribution in [1.82, 2.24) is 15.2 Å². The largest absolute Gasteiger partial charge is 0.383 e. The molecule has 1 aromatic carbocycles. The van der Waals surface area contributed by atoms with E-state index in [-0.39, 0.29) is 0 Å². The Labute approximate surface area is 111 Å². The molecular formula is C15H16N4. The summed E-state index contributed by atoms with van der Waals surface area (Å²) in [6.07, 6.45) is 3.85. The number of H-pyrrole nitrogens is 1. The first kappa shape index (κ1) is 11.7. The van der Waals surface area contributed by atoms with Crippen molar-refractivity contribution in [3.05, 3.63) is 42.1 Å². The number of aromatic amines is 1. The van der Waals surface area contributed by atoms with Gasteiger partial charge in [0, 0.05) is 17.1 Å². The number of fused-ring (bicyclic) bond motifs is 1. The lowest BCUT2D eigenvalue weighted by molar-refractivity contribution is 0.921. The summed E-state index contributed by atoms with van der Waals surface area (Å²) >= 11 is 0. The normalized spacial score (nSPS) is 11.0. The topological polar surface area (TPSA) is 67.6 Å². The second-order valence-electron chi connectivity index (χ2n) is 4.65. The SMILES string of the molecule is CCCc1cc2ccc(-c3cc[nH]n3)cc2nc1N. The summed E-state index contributed by atoms with van der Waals surface area (Å²) in [4.78, 5) is 4.50. The van der Waals surface area contributed by atoms with Crippen molar-refractivity contribution >= 4 is 16.7 Å². The van der Waals surface area contributed by atoms with Crippen LogP contribution in [0, 0.1) is 0 Å². The molecule has 0 saturated carbocycles. The molecule has 0 spiro atoms. The average molecular weight is 252 g/mol. The van der Waals surface area contributed by atoms with Gasteiger partial charge in [-0.3, -0.25) is 5.10 Å². The Balaban J connectivity index is 2.11. The van der Waals surface area contributed by atoms with Gasteiger partial charge in [-0.15, -0.1) is 0 Å². The van der Waals surface area contributed by atoms with Crippen LogP contribution in [-0.4, -0.2) is 15.2 Å². The molecule has 3 aromatic rings. The maximum atomic E-state index is 6.01. The van der Waals surface area contributed by atoms with Crippen molar-refractivity contribution in [2.45, 2.75) is 19.8 Å². The number of nitrogens with zero attached hydrogens (tertiary/aromatic N) is 2. The third-order valence-corrected chi connectivity index (χ3v) is 3.25. The molecule has 0 fully saturated rings. The number of nitrogen functional groups attached to an aromatic ring is 1. The van der Waals surface area contributed by atoms with Crippen LogP contribution >= 0.6 is 0 Å². The van der Waals surface area contributed by atoms with Gasteiger partial charge in [0.25, 0.3) is 0 Å². The zero-order valence-corrected chi connectivity index (χ0v) is 10.9. The molecule has 0 atom stereocenters. The van der Waals surface area contributed by atoms with Gasteiger partial charge < -0.3 is 5.73 Å². The summed E-state index contributed by atoms with van der Waals surface area (Å²) in [5.41, 5.74) is 10.0. The molecule has 0 amide bonds. The summed E-state index contributed by atoms with van der Waals surface area (Å²) in [5.74, 6) is 0.633. The second-order valence-corrected chi connectivity index (χ2v) is 4.65. The fraction of sp³-hybridized carbons (Fsp3) is 0.200. The molecule has 96 valence electrons. The van der Waals surface area contributed by atoms with Gasteiger partial charge in [-0.05, 0) is 30.2 Å². The summed E-state index contributed by atoms with van der Waals surface area (Å²) in [6.45, 7) is 2.14. The van der Waals surface area contributed by atoms with Gasteiger partial charge in [0.15, 0.2) is 0 Å². The minimum atomic E-state index is 0.633. The summed E-state index contributed by atoms with van der Waals surface area (Å²) in [5, 5.41) is 8.12. The monoisotopic (exact) mass is 252 g/mol. The predicted octanol–water partition coefficient (Wildman–Crippen LogP) is 3.16. The van der Waals surface area contributed by atoms with E-state index in [1.807, 2.05) is 18.3 Å². The first-order valence-electron chi connectivity index (χ1n) is 6.47. The Bertz CT molecular complexity index is 701. The number of nitrogens with two attached hydrogens (primary N) is 1. The minimum absolute atomic E-state index is 0.633. The summed E-state index contributed by atoms with van der Waals surface area (Å²) in [7, 11) is 0.